The van der Waals surface area contributed by atoms with Crippen molar-refractivity contribution in [3.63, 3.8) is 0 Å². The summed E-state index contributed by atoms with van der Waals surface area (Å²) in [4.78, 5) is 10.6. The van der Waals surface area contributed by atoms with E-state index >= 15 is 0 Å². The molecule has 4 nitrogen and oxygen atoms in total. The molecule has 0 aliphatic carbocycles. The molecule has 0 amide bonds. The van der Waals surface area contributed by atoms with Crippen LogP contribution in [0.4, 0.5) is 8.78 Å². The third kappa shape index (κ3) is 2.61. The molecule has 0 heterocycles. The van der Waals surface area contributed by atoms with Gasteiger partial charge < -0.3 is 9.84 Å². The summed E-state index contributed by atoms with van der Waals surface area (Å²) in [6.07, 6.45) is 0. The van der Waals surface area contributed by atoms with Gasteiger partial charge in [0, 0.05) is 4.90 Å². The van der Waals surface area contributed by atoms with Crippen LogP contribution in [-0.2, 0) is 0 Å². The molecule has 0 spiro atoms. The van der Waals surface area contributed by atoms with E-state index in [-0.39, 0.29) is 21.8 Å². The lowest BCUT2D eigenvalue weighted by Gasteiger charge is -2.08. The first-order chi connectivity index (χ1) is 7.45. The quantitative estimate of drug-likeness (QED) is 0.800. The van der Waals surface area contributed by atoms with Crippen molar-refractivity contribution in [2.75, 3.05) is 0 Å². The summed E-state index contributed by atoms with van der Waals surface area (Å²) in [5, 5.41) is 17.4. The summed E-state index contributed by atoms with van der Waals surface area (Å²) in [6, 6.07) is 3.53. The molecule has 1 aromatic rings. The number of benzene rings is 1. The van der Waals surface area contributed by atoms with E-state index in [0.29, 0.717) is 0 Å². The number of carboxylic acid groups (broad SMARTS) is 1. The van der Waals surface area contributed by atoms with Gasteiger partial charge in [0.1, 0.15) is 11.8 Å². The number of hydrogen-bond acceptors (Lipinski definition) is 4. The van der Waals surface area contributed by atoms with E-state index in [1.165, 1.54) is 0 Å². The van der Waals surface area contributed by atoms with Crippen LogP contribution in [0.15, 0.2) is 17.0 Å². The Morgan fingerprint density at radius 2 is 2.19 bits per heavy atom. The first-order valence-corrected chi connectivity index (χ1v) is 4.35. The smallest absolute Gasteiger partial charge is 0.387 e. The van der Waals surface area contributed by atoms with Crippen molar-refractivity contribution in [2.24, 2.45) is 0 Å². The van der Waals surface area contributed by atoms with Crippen LogP contribution < -0.4 is 4.74 Å². The monoisotopic (exact) mass is 245 g/mol. The highest BCUT2D eigenvalue weighted by Crippen LogP contribution is 2.26. The van der Waals surface area contributed by atoms with Gasteiger partial charge >= 0.3 is 12.6 Å². The van der Waals surface area contributed by atoms with Gasteiger partial charge in [0.05, 0.1) is 11.1 Å². The third-order valence-electron chi connectivity index (χ3n) is 1.66. The highest BCUT2D eigenvalue weighted by atomic mass is 32.1. The number of ether oxygens (including phenoxy) is 1. The summed E-state index contributed by atoms with van der Waals surface area (Å²) in [7, 11) is 0. The first-order valence-electron chi connectivity index (χ1n) is 3.91. The van der Waals surface area contributed by atoms with Crippen molar-refractivity contribution in [3.05, 3.63) is 23.3 Å². The number of nitrogens with zero attached hydrogens (tertiary/aromatic N) is 1. The topological polar surface area (TPSA) is 70.3 Å². The van der Waals surface area contributed by atoms with Crippen LogP contribution in [0.25, 0.3) is 0 Å². The Kier molecular flexibility index (Phi) is 3.68. The van der Waals surface area contributed by atoms with Crippen LogP contribution in [0.2, 0.25) is 0 Å². The fourth-order valence-electron chi connectivity index (χ4n) is 1.03. The van der Waals surface area contributed by atoms with Gasteiger partial charge in [0.15, 0.2) is 0 Å². The molecule has 0 bridgehead atoms. The minimum Gasteiger partial charge on any atom is -0.478 e. The SMILES string of the molecule is N#Cc1cc(OC(F)F)cc(C(=O)O)c1S. The van der Waals surface area contributed by atoms with Gasteiger partial charge in [0.2, 0.25) is 0 Å². The second-order valence-corrected chi connectivity index (χ2v) is 3.11. The van der Waals surface area contributed by atoms with Gasteiger partial charge in [0.25, 0.3) is 0 Å². The van der Waals surface area contributed by atoms with Gasteiger partial charge in [-0.2, -0.15) is 14.0 Å². The second kappa shape index (κ2) is 4.81. The molecule has 0 saturated heterocycles. The maximum atomic E-state index is 11.9. The van der Waals surface area contributed by atoms with Gasteiger partial charge in [-0.15, -0.1) is 12.6 Å². The number of rotatable bonds is 3. The summed E-state index contributed by atoms with van der Waals surface area (Å²) < 4.78 is 27.9. The molecule has 0 atom stereocenters. The van der Waals surface area contributed by atoms with E-state index in [0.717, 1.165) is 12.1 Å². The Bertz CT molecular complexity index is 471. The zero-order valence-corrected chi connectivity index (χ0v) is 8.54. The molecule has 1 N–H and O–H groups in total. The fraction of sp³-hybridized carbons (Fsp3) is 0.111. The largest absolute Gasteiger partial charge is 0.478 e. The Labute approximate surface area is 94.5 Å². The molecule has 1 aromatic carbocycles. The molecule has 84 valence electrons. The summed E-state index contributed by atoms with van der Waals surface area (Å²) in [5.74, 6) is -1.76. The van der Waals surface area contributed by atoms with E-state index in [4.69, 9.17) is 10.4 Å². The van der Waals surface area contributed by atoms with E-state index in [1.54, 1.807) is 6.07 Å². The zero-order chi connectivity index (χ0) is 12.3. The number of hydrogen-bond donors (Lipinski definition) is 2. The molecule has 0 aliphatic rings. The van der Waals surface area contributed by atoms with Crippen molar-refractivity contribution in [2.45, 2.75) is 11.5 Å². The van der Waals surface area contributed by atoms with Crippen LogP contribution in [-0.4, -0.2) is 17.7 Å². The maximum absolute atomic E-state index is 11.9. The third-order valence-corrected chi connectivity index (χ3v) is 2.14. The van der Waals surface area contributed by atoms with Gasteiger partial charge in [-0.1, -0.05) is 0 Å². The summed E-state index contributed by atoms with van der Waals surface area (Å²) >= 11 is 3.82. The van der Waals surface area contributed by atoms with E-state index in [1.807, 2.05) is 0 Å². The lowest BCUT2D eigenvalue weighted by atomic mass is 10.1. The number of thiol groups is 1. The van der Waals surface area contributed by atoms with E-state index in [9.17, 15) is 13.6 Å². The zero-order valence-electron chi connectivity index (χ0n) is 7.65. The Hall–Kier alpha value is -1.81. The molecule has 0 radical (unpaired) electrons. The molecule has 16 heavy (non-hydrogen) atoms. The predicted octanol–water partition coefficient (Wildman–Crippen LogP) is 2.15. The van der Waals surface area contributed by atoms with Crippen LogP contribution in [0.3, 0.4) is 0 Å². The number of aromatic carboxylic acids is 1. The molecule has 0 saturated carbocycles. The number of alkyl halides is 2. The number of nitriles is 1. The minimum absolute atomic E-state index is 0.0865. The lowest BCUT2D eigenvalue weighted by Crippen LogP contribution is -2.05. The fourth-order valence-corrected chi connectivity index (χ4v) is 1.30. The first kappa shape index (κ1) is 12.3. The van der Waals surface area contributed by atoms with Crippen molar-refractivity contribution in [1.29, 1.82) is 5.26 Å². The Morgan fingerprint density at radius 1 is 1.56 bits per heavy atom. The Morgan fingerprint density at radius 3 is 2.62 bits per heavy atom. The lowest BCUT2D eigenvalue weighted by molar-refractivity contribution is -0.0499. The highest BCUT2D eigenvalue weighted by Gasteiger charge is 2.16. The van der Waals surface area contributed by atoms with Gasteiger partial charge in [-0.3, -0.25) is 0 Å². The molecule has 0 unspecified atom stereocenters. The van der Waals surface area contributed by atoms with Crippen molar-refractivity contribution in [3.8, 4) is 11.8 Å². The molecule has 7 heteroatoms. The Balaban J connectivity index is 3.30. The van der Waals surface area contributed by atoms with Crippen molar-refractivity contribution < 1.29 is 23.4 Å². The average molecular weight is 245 g/mol. The summed E-state index contributed by atoms with van der Waals surface area (Å²) in [6.45, 7) is -3.08. The van der Waals surface area contributed by atoms with Crippen molar-refractivity contribution >= 4 is 18.6 Å². The normalized spacial score (nSPS) is 9.94. The molecular formula is C9H5F2NO3S. The second-order valence-electron chi connectivity index (χ2n) is 2.66. The maximum Gasteiger partial charge on any atom is 0.387 e. The summed E-state index contributed by atoms with van der Waals surface area (Å²) in [5.41, 5.74) is -0.503. The van der Waals surface area contributed by atoms with Crippen LogP contribution in [0, 0.1) is 11.3 Å². The predicted molar refractivity (Wildman–Crippen MR) is 52.0 cm³/mol. The van der Waals surface area contributed by atoms with Crippen molar-refractivity contribution in [1.82, 2.24) is 0 Å². The van der Waals surface area contributed by atoms with E-state index < -0.39 is 12.6 Å². The van der Waals surface area contributed by atoms with Gasteiger partial charge in [-0.05, 0) is 12.1 Å². The van der Waals surface area contributed by atoms with Crippen LogP contribution in [0.1, 0.15) is 15.9 Å². The number of carbonyl (C=O) groups is 1. The van der Waals surface area contributed by atoms with Crippen LogP contribution in [0.5, 0.6) is 5.75 Å². The number of carboxylic acids is 1. The average Bonchev–Trinajstić information content (AvgIpc) is 2.19. The molecular weight excluding hydrogens is 240 g/mol. The van der Waals surface area contributed by atoms with E-state index in [2.05, 4.69) is 17.4 Å². The molecule has 0 aromatic heterocycles. The standard InChI is InChI=1S/C9H5F2NO3S/c10-9(11)15-5-1-4(3-12)7(16)6(2-5)8(13)14/h1-2,9,16H,(H,13,14). The van der Waals surface area contributed by atoms with Crippen LogP contribution >= 0.6 is 12.6 Å². The number of halogens is 2. The molecule has 1 rings (SSSR count). The van der Waals surface area contributed by atoms with Gasteiger partial charge in [-0.25, -0.2) is 4.79 Å². The highest BCUT2D eigenvalue weighted by molar-refractivity contribution is 7.80. The molecule has 0 aliphatic heterocycles. The minimum atomic E-state index is -3.08. The molecule has 0 fully saturated rings.